The molecule has 6 atom stereocenters. The van der Waals surface area contributed by atoms with E-state index in [4.69, 9.17) is 13.8 Å². The molecule has 9 nitrogen and oxygen atoms in total. The van der Waals surface area contributed by atoms with E-state index in [2.05, 4.69) is 76.9 Å². The summed E-state index contributed by atoms with van der Waals surface area (Å²) in [5.74, 6) is 0. The maximum Gasteiger partial charge on any atom is 0.330 e. The third-order valence-corrected chi connectivity index (χ3v) is 14.9. The van der Waals surface area contributed by atoms with Crippen LogP contribution in [0.3, 0.4) is 0 Å². The molecule has 0 unspecified atom stereocenters. The minimum Gasteiger partial charge on any atom is -0.394 e. The highest BCUT2D eigenvalue weighted by atomic mass is 31.2. The zero-order chi connectivity index (χ0) is 27.9. The standard InChI is InChI=1S/C29H36N3O6PSi/c1-20-17-31(29(35)30-28(20)34)27-16-24(25(18-33)36-27)37-39-32-15-9-14-23(32)26(38-39)19-40(2,21-10-5-3-6-11-21)22-12-7-4-8-13-22/h3-8,10-13,17,23-27,33H,9,14-16,18-19H2,1-2H3,(H,30,34,35)/t23-,24+,25+,26+,27+,39-/m0/s1. The van der Waals surface area contributed by atoms with Crippen LogP contribution < -0.4 is 21.6 Å². The highest BCUT2D eigenvalue weighted by Crippen LogP contribution is 2.58. The quantitative estimate of drug-likeness (QED) is 0.311. The largest absolute Gasteiger partial charge is 0.394 e. The first kappa shape index (κ1) is 27.7. The molecule has 3 aromatic rings. The van der Waals surface area contributed by atoms with Crippen molar-refractivity contribution in [2.24, 2.45) is 0 Å². The van der Waals surface area contributed by atoms with Crippen molar-refractivity contribution in [3.63, 3.8) is 0 Å². The predicted molar refractivity (Wildman–Crippen MR) is 157 cm³/mol. The fourth-order valence-corrected chi connectivity index (χ4v) is 12.3. The number of nitrogens with zero attached hydrogens (tertiary/aromatic N) is 2. The monoisotopic (exact) mass is 581 g/mol. The van der Waals surface area contributed by atoms with Gasteiger partial charge in [0, 0.05) is 30.8 Å². The molecule has 0 amide bonds. The van der Waals surface area contributed by atoms with Crippen LogP contribution in [0.2, 0.25) is 12.6 Å². The van der Waals surface area contributed by atoms with Gasteiger partial charge in [-0.15, -0.1) is 0 Å². The van der Waals surface area contributed by atoms with E-state index in [0.29, 0.717) is 18.0 Å². The second-order valence-electron chi connectivity index (χ2n) is 11.2. The molecule has 3 fully saturated rings. The summed E-state index contributed by atoms with van der Waals surface area (Å²) in [6, 6.07) is 22.9. The number of aliphatic hydroxyl groups is 1. The van der Waals surface area contributed by atoms with Gasteiger partial charge in [-0.1, -0.05) is 77.6 Å². The Hall–Kier alpha value is -2.43. The first-order valence-corrected chi connectivity index (χ1v) is 17.8. The average molecular weight is 582 g/mol. The Labute approximate surface area is 235 Å². The van der Waals surface area contributed by atoms with Crippen LogP contribution in [0.15, 0.2) is 76.4 Å². The first-order valence-electron chi connectivity index (χ1n) is 14.0. The Morgan fingerprint density at radius 3 is 2.40 bits per heavy atom. The molecule has 212 valence electrons. The lowest BCUT2D eigenvalue weighted by Gasteiger charge is -2.32. The van der Waals surface area contributed by atoms with Gasteiger partial charge in [-0.05, 0) is 25.8 Å². The van der Waals surface area contributed by atoms with E-state index in [9.17, 15) is 14.7 Å². The van der Waals surface area contributed by atoms with E-state index in [-0.39, 0.29) is 12.7 Å². The molecule has 1 aromatic heterocycles. The number of aliphatic hydroxyl groups excluding tert-OH is 1. The summed E-state index contributed by atoms with van der Waals surface area (Å²) in [5, 5.41) is 12.9. The zero-order valence-corrected chi connectivity index (χ0v) is 24.7. The van der Waals surface area contributed by atoms with Crippen molar-refractivity contribution in [1.29, 1.82) is 0 Å². The van der Waals surface area contributed by atoms with Gasteiger partial charge < -0.3 is 18.9 Å². The number of benzene rings is 2. The molecule has 6 rings (SSSR count). The van der Waals surface area contributed by atoms with Crippen LogP contribution in [0, 0.1) is 6.92 Å². The van der Waals surface area contributed by atoms with Gasteiger partial charge in [0.1, 0.15) is 20.4 Å². The molecule has 2 aromatic carbocycles. The number of hydrogen-bond donors (Lipinski definition) is 2. The third kappa shape index (κ3) is 5.18. The molecule has 3 aliphatic rings. The van der Waals surface area contributed by atoms with Crippen LogP contribution in [0.25, 0.3) is 0 Å². The topological polar surface area (TPSA) is 106 Å². The lowest BCUT2D eigenvalue weighted by atomic mass is 10.1. The molecule has 4 heterocycles. The number of hydrogen-bond acceptors (Lipinski definition) is 7. The van der Waals surface area contributed by atoms with Crippen LogP contribution in [0.1, 0.15) is 31.1 Å². The molecule has 0 spiro atoms. The molecule has 3 aliphatic heterocycles. The Kier molecular flexibility index (Phi) is 7.93. The second kappa shape index (κ2) is 11.4. The highest BCUT2D eigenvalue weighted by Gasteiger charge is 2.51. The van der Waals surface area contributed by atoms with Crippen molar-refractivity contribution in [2.75, 3.05) is 13.2 Å². The lowest BCUT2D eigenvalue weighted by molar-refractivity contribution is -0.0429. The minimum absolute atomic E-state index is 0.0425. The molecular formula is C29H36N3O6PSi. The number of rotatable bonds is 8. The van der Waals surface area contributed by atoms with Crippen LogP contribution in [-0.2, 0) is 13.8 Å². The average Bonchev–Trinajstić information content (AvgIpc) is 3.69. The molecule has 11 heteroatoms. The van der Waals surface area contributed by atoms with Crippen molar-refractivity contribution in [2.45, 2.75) is 69.4 Å². The van der Waals surface area contributed by atoms with Crippen molar-refractivity contribution in [1.82, 2.24) is 14.2 Å². The Morgan fingerprint density at radius 1 is 1.07 bits per heavy atom. The summed E-state index contributed by atoms with van der Waals surface area (Å²) in [7, 11) is -3.47. The number of aromatic amines is 1. The summed E-state index contributed by atoms with van der Waals surface area (Å²) in [6.07, 6.45) is 2.42. The number of ether oxygens (including phenoxy) is 1. The molecule has 0 radical (unpaired) electrons. The first-order chi connectivity index (χ1) is 19.4. The Bertz CT molecular complexity index is 1400. The van der Waals surface area contributed by atoms with E-state index < -0.39 is 46.3 Å². The Balaban J connectivity index is 1.22. The van der Waals surface area contributed by atoms with Gasteiger partial charge in [0.15, 0.2) is 0 Å². The SMILES string of the molecule is Cc1cn([C@H]2C[C@@H](O[P@@]3O[C@H](C[Si](C)(c4ccccc4)c4ccccc4)[C@@H]4CCCN43)[C@@H](CO)O2)c(=O)[nH]c1=O. The van der Waals surface area contributed by atoms with Gasteiger partial charge in [-0.25, -0.2) is 9.46 Å². The predicted octanol–water partition coefficient (Wildman–Crippen LogP) is 2.49. The van der Waals surface area contributed by atoms with Crippen molar-refractivity contribution < 1.29 is 18.9 Å². The van der Waals surface area contributed by atoms with Crippen LogP contribution in [-0.4, -0.2) is 64.9 Å². The normalized spacial score (nSPS) is 28.7. The number of aryl methyl sites for hydroxylation is 1. The molecular weight excluding hydrogens is 545 g/mol. The molecule has 0 aliphatic carbocycles. The molecule has 0 bridgehead atoms. The zero-order valence-electron chi connectivity index (χ0n) is 22.8. The van der Waals surface area contributed by atoms with Crippen molar-refractivity contribution in [3.05, 3.63) is 93.3 Å². The van der Waals surface area contributed by atoms with Crippen LogP contribution in [0.4, 0.5) is 0 Å². The van der Waals surface area contributed by atoms with Crippen molar-refractivity contribution >= 4 is 27.0 Å². The highest BCUT2D eigenvalue weighted by molar-refractivity contribution is 7.45. The molecule has 3 saturated heterocycles. The van der Waals surface area contributed by atoms with E-state index in [1.165, 1.54) is 21.1 Å². The fourth-order valence-electron chi connectivity index (χ4n) is 6.34. The summed E-state index contributed by atoms with van der Waals surface area (Å²) in [4.78, 5) is 26.7. The maximum atomic E-state index is 12.5. The van der Waals surface area contributed by atoms with E-state index >= 15 is 0 Å². The number of aromatic nitrogens is 2. The van der Waals surface area contributed by atoms with Gasteiger partial charge in [0.25, 0.3) is 14.1 Å². The summed E-state index contributed by atoms with van der Waals surface area (Å²) >= 11 is 0. The van der Waals surface area contributed by atoms with E-state index in [0.717, 1.165) is 25.4 Å². The fraction of sp³-hybridized carbons (Fsp3) is 0.448. The number of fused-ring (bicyclic) bond motifs is 1. The van der Waals surface area contributed by atoms with E-state index in [1.54, 1.807) is 6.92 Å². The third-order valence-electron chi connectivity index (χ3n) is 8.61. The number of nitrogens with one attached hydrogen (secondary N) is 1. The molecule has 40 heavy (non-hydrogen) atoms. The summed E-state index contributed by atoms with van der Waals surface area (Å²) in [5.41, 5.74) is -0.531. The second-order valence-corrected chi connectivity index (χ2v) is 16.8. The summed E-state index contributed by atoms with van der Waals surface area (Å²) < 4.78 is 23.2. The lowest BCUT2D eigenvalue weighted by Crippen LogP contribution is -2.58. The minimum atomic E-state index is -2.12. The van der Waals surface area contributed by atoms with Crippen molar-refractivity contribution in [3.8, 4) is 0 Å². The number of H-pyrrole nitrogens is 1. The van der Waals surface area contributed by atoms with Crippen LogP contribution >= 0.6 is 8.53 Å². The Morgan fingerprint density at radius 2 is 1.75 bits per heavy atom. The van der Waals surface area contributed by atoms with Gasteiger partial charge >= 0.3 is 5.69 Å². The van der Waals surface area contributed by atoms with Crippen LogP contribution in [0.5, 0.6) is 0 Å². The van der Waals surface area contributed by atoms with Gasteiger partial charge in [-0.3, -0.25) is 14.3 Å². The van der Waals surface area contributed by atoms with Gasteiger partial charge in [0.2, 0.25) is 0 Å². The van der Waals surface area contributed by atoms with E-state index in [1.807, 2.05) is 0 Å². The molecule has 0 saturated carbocycles. The van der Waals surface area contributed by atoms with Gasteiger partial charge in [-0.2, -0.15) is 0 Å². The maximum absolute atomic E-state index is 12.5. The summed E-state index contributed by atoms with van der Waals surface area (Å²) in [6.45, 7) is 4.76. The smallest absolute Gasteiger partial charge is 0.330 e. The van der Waals surface area contributed by atoms with Gasteiger partial charge in [0.05, 0.1) is 18.8 Å². The molecule has 2 N–H and O–H groups in total.